The number of rotatable bonds is 12. The van der Waals surface area contributed by atoms with Gasteiger partial charge in [-0.3, -0.25) is 9.69 Å². The van der Waals surface area contributed by atoms with Crippen molar-refractivity contribution in [2.24, 2.45) is 5.73 Å². The van der Waals surface area contributed by atoms with Crippen LogP contribution >= 0.6 is 11.6 Å². The van der Waals surface area contributed by atoms with Crippen LogP contribution in [0.2, 0.25) is 5.02 Å². The van der Waals surface area contributed by atoms with E-state index >= 15 is 0 Å². The highest BCUT2D eigenvalue weighted by molar-refractivity contribution is 6.31. The molecule has 1 fully saturated rings. The number of benzene rings is 2. The summed E-state index contributed by atoms with van der Waals surface area (Å²) in [6.45, 7) is 12.1. The van der Waals surface area contributed by atoms with Crippen LogP contribution in [-0.4, -0.2) is 63.3 Å². The molecule has 1 saturated heterocycles. The Kier molecular flexibility index (Phi) is 12.1. The van der Waals surface area contributed by atoms with E-state index in [-0.39, 0.29) is 18.3 Å². The lowest BCUT2D eigenvalue weighted by atomic mass is 10.1. The predicted molar refractivity (Wildman–Crippen MR) is 161 cm³/mol. The molecule has 1 aliphatic heterocycles. The summed E-state index contributed by atoms with van der Waals surface area (Å²) in [5.74, 6) is 0.989. The molecule has 1 aliphatic rings. The summed E-state index contributed by atoms with van der Waals surface area (Å²) in [6, 6.07) is 8.60. The van der Waals surface area contributed by atoms with Crippen LogP contribution in [0.5, 0.6) is 11.5 Å². The molecule has 0 radical (unpaired) electrons. The highest BCUT2D eigenvalue weighted by atomic mass is 35.5. The average Bonchev–Trinajstić information content (AvgIpc) is 2.95. The first-order chi connectivity index (χ1) is 19.7. The number of allylic oxidation sites excluding steroid dienone is 3. The molecule has 0 aliphatic carbocycles. The Bertz CT molecular complexity index is 1300. The van der Waals surface area contributed by atoms with Crippen molar-refractivity contribution in [1.82, 2.24) is 15.5 Å². The van der Waals surface area contributed by atoms with Crippen LogP contribution in [0.1, 0.15) is 16.7 Å². The number of ether oxygens (including phenoxy) is 3. The van der Waals surface area contributed by atoms with Crippen molar-refractivity contribution in [3.8, 4) is 11.5 Å². The number of amides is 3. The van der Waals surface area contributed by atoms with Gasteiger partial charge in [-0.15, -0.1) is 0 Å². The van der Waals surface area contributed by atoms with Gasteiger partial charge in [-0.05, 0) is 54.8 Å². The zero-order valence-electron chi connectivity index (χ0n) is 23.7. The van der Waals surface area contributed by atoms with Crippen molar-refractivity contribution in [3.05, 3.63) is 88.3 Å². The summed E-state index contributed by atoms with van der Waals surface area (Å²) in [7, 11) is 1.49. The number of hydrogen-bond acceptors (Lipinski definition) is 7. The quantitative estimate of drug-likeness (QED) is 0.169. The number of aryl methyl sites for hydroxylation is 2. The molecular weight excluding hydrogens is 546 g/mol. The summed E-state index contributed by atoms with van der Waals surface area (Å²) < 4.78 is 17.3. The molecule has 220 valence electrons. The van der Waals surface area contributed by atoms with Crippen molar-refractivity contribution >= 4 is 29.2 Å². The molecule has 41 heavy (non-hydrogen) atoms. The van der Waals surface area contributed by atoms with Gasteiger partial charge in [0.05, 0.1) is 18.9 Å². The maximum atomic E-state index is 12.8. The number of nitrogens with zero attached hydrogens (tertiary/aromatic N) is 1. The number of morpholine rings is 1. The van der Waals surface area contributed by atoms with E-state index in [2.05, 4.69) is 27.4 Å². The van der Waals surface area contributed by atoms with Crippen molar-refractivity contribution in [2.75, 3.05) is 51.8 Å². The Balaban J connectivity index is 1.60. The van der Waals surface area contributed by atoms with E-state index in [1.165, 1.54) is 19.2 Å². The second kappa shape index (κ2) is 15.7. The van der Waals surface area contributed by atoms with Gasteiger partial charge in [-0.25, -0.2) is 4.79 Å². The first kappa shape index (κ1) is 31.5. The van der Waals surface area contributed by atoms with Gasteiger partial charge in [0.15, 0.2) is 0 Å². The summed E-state index contributed by atoms with van der Waals surface area (Å²) >= 11 is 6.33. The minimum absolute atomic E-state index is 0.00527. The summed E-state index contributed by atoms with van der Waals surface area (Å²) in [5, 5.41) is 8.79. The number of halogens is 1. The Hall–Kier alpha value is -3.99. The third-order valence-electron chi connectivity index (χ3n) is 6.34. The summed E-state index contributed by atoms with van der Waals surface area (Å²) in [4.78, 5) is 26.8. The molecule has 0 unspecified atom stereocenters. The van der Waals surface area contributed by atoms with Gasteiger partial charge in [-0.2, -0.15) is 0 Å². The van der Waals surface area contributed by atoms with Gasteiger partial charge in [0.1, 0.15) is 29.6 Å². The van der Waals surface area contributed by atoms with Crippen molar-refractivity contribution < 1.29 is 23.8 Å². The van der Waals surface area contributed by atoms with Gasteiger partial charge in [0, 0.05) is 50.4 Å². The van der Waals surface area contributed by atoms with E-state index in [0.29, 0.717) is 34.6 Å². The van der Waals surface area contributed by atoms with E-state index in [1.807, 2.05) is 26.0 Å². The Morgan fingerprint density at radius 1 is 1.17 bits per heavy atom. The predicted octanol–water partition coefficient (Wildman–Crippen LogP) is 4.03. The van der Waals surface area contributed by atoms with Gasteiger partial charge in [0.25, 0.3) is 5.91 Å². The topological polar surface area (TPSA) is 127 Å². The number of likely N-dealkylation sites (N-methyl/N-ethyl adjacent to an activating group) is 1. The minimum Gasteiger partial charge on any atom is -0.490 e. The molecule has 0 aromatic heterocycles. The Morgan fingerprint density at radius 3 is 2.61 bits per heavy atom. The lowest BCUT2D eigenvalue weighted by molar-refractivity contribution is -0.117. The third-order valence-corrected chi connectivity index (χ3v) is 6.74. The van der Waals surface area contributed by atoms with Gasteiger partial charge < -0.3 is 35.9 Å². The molecule has 10 nitrogen and oxygen atoms in total. The molecule has 1 heterocycles. The van der Waals surface area contributed by atoms with Crippen molar-refractivity contribution in [2.45, 2.75) is 20.4 Å². The van der Waals surface area contributed by atoms with Crippen LogP contribution in [0.25, 0.3) is 0 Å². The van der Waals surface area contributed by atoms with E-state index < -0.39 is 5.91 Å². The molecular formula is C30H38ClN5O5. The number of carbonyl (C=O) groups is 2. The highest BCUT2D eigenvalue weighted by Gasteiger charge is 2.14. The largest absolute Gasteiger partial charge is 0.490 e. The van der Waals surface area contributed by atoms with Gasteiger partial charge in [0.2, 0.25) is 0 Å². The minimum atomic E-state index is -0.417. The number of hydrogen-bond donors (Lipinski definition) is 4. The highest BCUT2D eigenvalue weighted by Crippen LogP contribution is 2.31. The molecule has 0 atom stereocenters. The van der Waals surface area contributed by atoms with E-state index in [1.54, 1.807) is 24.3 Å². The third kappa shape index (κ3) is 9.86. The number of carbonyl (C=O) groups excluding carboxylic acids is 2. The smallest absolute Gasteiger partial charge is 0.319 e. The lowest BCUT2D eigenvalue weighted by Crippen LogP contribution is -2.38. The van der Waals surface area contributed by atoms with Crippen LogP contribution in [0.4, 0.5) is 10.5 Å². The fraction of sp³-hybridized carbons (Fsp3) is 0.333. The lowest BCUT2D eigenvalue weighted by Gasteiger charge is -2.26. The maximum absolute atomic E-state index is 12.8. The molecule has 3 amide bonds. The molecule has 0 spiro atoms. The normalized spacial score (nSPS) is 14.2. The van der Waals surface area contributed by atoms with Gasteiger partial charge >= 0.3 is 6.03 Å². The first-order valence-electron chi connectivity index (χ1n) is 13.3. The number of nitrogens with two attached hydrogens (primary N) is 1. The average molecular weight is 584 g/mol. The van der Waals surface area contributed by atoms with E-state index in [4.69, 9.17) is 31.5 Å². The maximum Gasteiger partial charge on any atom is 0.319 e. The second-order valence-corrected chi connectivity index (χ2v) is 9.79. The van der Waals surface area contributed by atoms with Crippen LogP contribution in [0.15, 0.2) is 66.6 Å². The molecule has 5 N–H and O–H groups in total. The van der Waals surface area contributed by atoms with Gasteiger partial charge in [-0.1, -0.05) is 30.3 Å². The zero-order valence-corrected chi connectivity index (χ0v) is 24.5. The van der Waals surface area contributed by atoms with E-state index in [9.17, 15) is 9.59 Å². The molecule has 3 rings (SSSR count). The van der Waals surface area contributed by atoms with Crippen LogP contribution < -0.4 is 31.2 Å². The molecule has 2 aromatic carbocycles. The fourth-order valence-electron chi connectivity index (χ4n) is 3.99. The Labute approximate surface area is 246 Å². The van der Waals surface area contributed by atoms with Crippen molar-refractivity contribution in [3.63, 3.8) is 0 Å². The molecule has 0 bridgehead atoms. The number of nitrogens with one attached hydrogen (secondary N) is 3. The second-order valence-electron chi connectivity index (χ2n) is 9.38. The fourth-order valence-corrected chi connectivity index (χ4v) is 4.14. The molecule has 2 aromatic rings. The SMILES string of the molecule is C=C/C=C(\C=C(/N)C(=O)NC)Oc1ccc(CNC(=O)Nc2cc(C)c(Cl)cc2OCCN2CCOCC2)c(C)c1. The van der Waals surface area contributed by atoms with Crippen LogP contribution in [-0.2, 0) is 16.1 Å². The van der Waals surface area contributed by atoms with Crippen LogP contribution in [0.3, 0.4) is 0 Å². The van der Waals surface area contributed by atoms with Crippen molar-refractivity contribution in [1.29, 1.82) is 0 Å². The standard InChI is InChI=1S/C30H38ClN5O5/c1-5-6-23(17-26(32)29(37)33-4)41-24-8-7-22(20(2)15-24)19-34-30(38)35-27-16-21(3)25(31)18-28(27)40-14-11-36-9-12-39-13-10-36/h5-8,15-18H,1,9-14,19,32H2,2-4H3,(H,33,37)(H2,34,35,38)/b23-6+,26-17-. The zero-order chi connectivity index (χ0) is 29.8. The number of anilines is 1. The summed E-state index contributed by atoms with van der Waals surface area (Å²) in [5.41, 5.74) is 8.97. The molecule has 0 saturated carbocycles. The first-order valence-corrected chi connectivity index (χ1v) is 13.6. The van der Waals surface area contributed by atoms with Crippen LogP contribution in [0, 0.1) is 13.8 Å². The monoisotopic (exact) mass is 583 g/mol. The number of urea groups is 1. The molecule has 11 heteroatoms. The summed E-state index contributed by atoms with van der Waals surface area (Å²) in [6.07, 6.45) is 4.56. The Morgan fingerprint density at radius 2 is 1.93 bits per heavy atom. The van der Waals surface area contributed by atoms with E-state index in [0.717, 1.165) is 49.5 Å².